The van der Waals surface area contributed by atoms with E-state index >= 15 is 0 Å². The van der Waals surface area contributed by atoms with Gasteiger partial charge in [-0.1, -0.05) is 59.3 Å². The van der Waals surface area contributed by atoms with E-state index in [9.17, 15) is 19.8 Å². The molecular formula is C18H32O4. The maximum atomic E-state index is 12.2. The molecule has 2 N–H and O–H groups in total. The summed E-state index contributed by atoms with van der Waals surface area (Å²) in [4.78, 5) is 24.4. The van der Waals surface area contributed by atoms with Crippen LogP contribution in [0.15, 0.2) is 0 Å². The summed E-state index contributed by atoms with van der Waals surface area (Å²) < 4.78 is 0. The van der Waals surface area contributed by atoms with Crippen LogP contribution < -0.4 is 0 Å². The summed E-state index contributed by atoms with van der Waals surface area (Å²) in [6.07, 6.45) is 8.00. The lowest BCUT2D eigenvalue weighted by Gasteiger charge is -2.46. The second-order valence-electron chi connectivity index (χ2n) is 6.94. The van der Waals surface area contributed by atoms with Crippen molar-refractivity contribution in [3.8, 4) is 0 Å². The molecule has 1 aliphatic carbocycles. The van der Waals surface area contributed by atoms with Gasteiger partial charge in [0.2, 0.25) is 0 Å². The number of hydrogen-bond acceptors (Lipinski definition) is 2. The Balaban J connectivity index is 3.26. The highest BCUT2D eigenvalue weighted by atomic mass is 16.4. The van der Waals surface area contributed by atoms with Crippen molar-refractivity contribution >= 4 is 11.9 Å². The molecule has 1 saturated carbocycles. The van der Waals surface area contributed by atoms with Crippen molar-refractivity contribution in [2.45, 2.75) is 85.0 Å². The highest BCUT2D eigenvalue weighted by Crippen LogP contribution is 2.54. The van der Waals surface area contributed by atoms with Crippen LogP contribution in [0.2, 0.25) is 0 Å². The summed E-state index contributed by atoms with van der Waals surface area (Å²) in [5.41, 5.74) is -2.30. The van der Waals surface area contributed by atoms with Crippen LogP contribution in [-0.4, -0.2) is 22.2 Å². The SMILES string of the molecule is CCCC(CC)(C(=O)O)C(CC)(CC1CCCCC1)C(=O)O. The van der Waals surface area contributed by atoms with Gasteiger partial charge in [-0.2, -0.15) is 0 Å². The first-order chi connectivity index (χ1) is 10.4. The zero-order chi connectivity index (χ0) is 16.8. The lowest BCUT2D eigenvalue weighted by molar-refractivity contribution is -0.179. The molecular weight excluding hydrogens is 280 g/mol. The fraction of sp³-hybridized carbons (Fsp3) is 0.889. The largest absolute Gasteiger partial charge is 0.481 e. The average molecular weight is 312 g/mol. The zero-order valence-corrected chi connectivity index (χ0v) is 14.4. The summed E-state index contributed by atoms with van der Waals surface area (Å²) in [5, 5.41) is 20.0. The first-order valence-corrected chi connectivity index (χ1v) is 8.87. The van der Waals surface area contributed by atoms with Crippen LogP contribution in [0, 0.1) is 16.7 Å². The van der Waals surface area contributed by atoms with Crippen molar-refractivity contribution in [1.82, 2.24) is 0 Å². The van der Waals surface area contributed by atoms with Gasteiger partial charge in [-0.15, -0.1) is 0 Å². The first kappa shape index (κ1) is 19.0. The number of carboxylic acids is 2. The van der Waals surface area contributed by atoms with Crippen LogP contribution in [0.4, 0.5) is 0 Å². The quantitative estimate of drug-likeness (QED) is 0.646. The molecule has 2 atom stereocenters. The number of aliphatic carboxylic acids is 2. The smallest absolute Gasteiger partial charge is 0.310 e. The highest BCUT2D eigenvalue weighted by molar-refractivity contribution is 5.86. The molecule has 0 aliphatic heterocycles. The highest BCUT2D eigenvalue weighted by Gasteiger charge is 2.59. The minimum Gasteiger partial charge on any atom is -0.481 e. The summed E-state index contributed by atoms with van der Waals surface area (Å²) in [7, 11) is 0. The Morgan fingerprint density at radius 3 is 1.77 bits per heavy atom. The van der Waals surface area contributed by atoms with E-state index in [0.29, 0.717) is 38.0 Å². The maximum absolute atomic E-state index is 12.2. The van der Waals surface area contributed by atoms with Crippen LogP contribution in [-0.2, 0) is 9.59 Å². The van der Waals surface area contributed by atoms with Crippen LogP contribution >= 0.6 is 0 Å². The number of rotatable bonds is 9. The molecule has 1 fully saturated rings. The Morgan fingerprint density at radius 2 is 1.41 bits per heavy atom. The standard InChI is InChI=1S/C18H32O4/c1-4-12-17(5-2,15(19)20)18(6-3,16(21)22)13-14-10-8-7-9-11-14/h14H,4-13H2,1-3H3,(H,19,20)(H,21,22). The van der Waals surface area contributed by atoms with Gasteiger partial charge in [-0.3, -0.25) is 9.59 Å². The molecule has 0 saturated heterocycles. The molecule has 1 aliphatic rings. The van der Waals surface area contributed by atoms with Gasteiger partial charge >= 0.3 is 11.9 Å². The van der Waals surface area contributed by atoms with E-state index in [1.165, 1.54) is 6.42 Å². The molecule has 0 bridgehead atoms. The number of hydrogen-bond donors (Lipinski definition) is 2. The molecule has 4 nitrogen and oxygen atoms in total. The van der Waals surface area contributed by atoms with Crippen LogP contribution in [0.5, 0.6) is 0 Å². The second-order valence-corrected chi connectivity index (χ2v) is 6.94. The van der Waals surface area contributed by atoms with Crippen LogP contribution in [0.1, 0.15) is 85.0 Å². The Bertz CT molecular complexity index is 387. The molecule has 22 heavy (non-hydrogen) atoms. The molecule has 2 unspecified atom stereocenters. The summed E-state index contributed by atoms with van der Waals surface area (Å²) in [5.74, 6) is -1.50. The van der Waals surface area contributed by atoms with Gasteiger partial charge in [0.05, 0.1) is 10.8 Å². The van der Waals surface area contributed by atoms with E-state index in [4.69, 9.17) is 0 Å². The molecule has 0 aromatic carbocycles. The van der Waals surface area contributed by atoms with E-state index in [1.54, 1.807) is 0 Å². The van der Waals surface area contributed by atoms with Crippen molar-refractivity contribution in [1.29, 1.82) is 0 Å². The monoisotopic (exact) mass is 312 g/mol. The molecule has 4 heteroatoms. The lowest BCUT2D eigenvalue weighted by atomic mass is 9.54. The van der Waals surface area contributed by atoms with E-state index in [-0.39, 0.29) is 0 Å². The Morgan fingerprint density at radius 1 is 0.909 bits per heavy atom. The predicted octanol–water partition coefficient (Wildman–Crippen LogP) is 4.72. The third kappa shape index (κ3) is 3.31. The summed E-state index contributed by atoms with van der Waals surface area (Å²) in [6.45, 7) is 5.62. The van der Waals surface area contributed by atoms with Gasteiger partial charge in [-0.05, 0) is 31.6 Å². The molecule has 128 valence electrons. The third-order valence-corrected chi connectivity index (χ3v) is 5.98. The Hall–Kier alpha value is -1.06. The maximum Gasteiger partial charge on any atom is 0.310 e. The summed E-state index contributed by atoms with van der Waals surface area (Å²) >= 11 is 0. The summed E-state index contributed by atoms with van der Waals surface area (Å²) in [6, 6.07) is 0. The van der Waals surface area contributed by atoms with Crippen LogP contribution in [0.25, 0.3) is 0 Å². The fourth-order valence-electron chi connectivity index (χ4n) is 4.65. The fourth-order valence-corrected chi connectivity index (χ4v) is 4.65. The average Bonchev–Trinajstić information content (AvgIpc) is 2.51. The van der Waals surface area contributed by atoms with E-state index < -0.39 is 22.8 Å². The molecule has 0 radical (unpaired) electrons. The van der Waals surface area contributed by atoms with Gasteiger partial charge in [0, 0.05) is 0 Å². The lowest BCUT2D eigenvalue weighted by Crippen LogP contribution is -2.53. The number of carbonyl (C=O) groups is 2. The van der Waals surface area contributed by atoms with E-state index in [0.717, 1.165) is 25.7 Å². The number of carboxylic acid groups (broad SMARTS) is 2. The second kappa shape index (κ2) is 7.98. The van der Waals surface area contributed by atoms with Crippen molar-refractivity contribution in [3.05, 3.63) is 0 Å². The minimum atomic E-state index is -1.15. The topological polar surface area (TPSA) is 74.6 Å². The normalized spacial score (nSPS) is 21.8. The van der Waals surface area contributed by atoms with Gasteiger partial charge < -0.3 is 10.2 Å². The minimum absolute atomic E-state index is 0.354. The molecule has 0 spiro atoms. The predicted molar refractivity (Wildman–Crippen MR) is 86.8 cm³/mol. The first-order valence-electron chi connectivity index (χ1n) is 8.87. The van der Waals surface area contributed by atoms with Crippen molar-refractivity contribution in [2.24, 2.45) is 16.7 Å². The molecule has 0 amide bonds. The van der Waals surface area contributed by atoms with Crippen molar-refractivity contribution in [3.63, 3.8) is 0 Å². The van der Waals surface area contributed by atoms with Gasteiger partial charge in [0.1, 0.15) is 0 Å². The zero-order valence-electron chi connectivity index (χ0n) is 14.4. The molecule has 0 heterocycles. The molecule has 0 aromatic heterocycles. The third-order valence-electron chi connectivity index (χ3n) is 5.98. The van der Waals surface area contributed by atoms with E-state index in [2.05, 4.69) is 0 Å². The van der Waals surface area contributed by atoms with Crippen LogP contribution in [0.3, 0.4) is 0 Å². The Labute approximate surface area is 134 Å². The molecule has 0 aromatic rings. The van der Waals surface area contributed by atoms with E-state index in [1.807, 2.05) is 20.8 Å². The molecule has 1 rings (SSSR count). The van der Waals surface area contributed by atoms with Crippen molar-refractivity contribution < 1.29 is 19.8 Å². The van der Waals surface area contributed by atoms with Gasteiger partial charge in [0.25, 0.3) is 0 Å². The van der Waals surface area contributed by atoms with Gasteiger partial charge in [0.15, 0.2) is 0 Å². The van der Waals surface area contributed by atoms with Gasteiger partial charge in [-0.25, -0.2) is 0 Å². The Kier molecular flexibility index (Phi) is 6.89. The van der Waals surface area contributed by atoms with Crippen molar-refractivity contribution in [2.75, 3.05) is 0 Å².